The topological polar surface area (TPSA) is 13.1 Å². The molecule has 0 aliphatic heterocycles. The summed E-state index contributed by atoms with van der Waals surface area (Å²) in [4.78, 5) is 0. The number of hydrogen-bond acceptors (Lipinski definition) is 1. The molecule has 0 unspecified atom stereocenters. The van der Waals surface area contributed by atoms with Crippen LogP contribution in [0.25, 0.3) is 11.3 Å². The van der Waals surface area contributed by atoms with Gasteiger partial charge in [-0.3, -0.25) is 0 Å². The Morgan fingerprint density at radius 3 is 2.41 bits per heavy atom. The Balaban J connectivity index is 2.66. The van der Waals surface area contributed by atoms with E-state index in [9.17, 15) is 17.6 Å². The summed E-state index contributed by atoms with van der Waals surface area (Å²) in [6, 6.07) is 4.13. The molecule has 0 atom stereocenters. The summed E-state index contributed by atoms with van der Waals surface area (Å²) in [5, 5.41) is -0.575. The molecule has 17 heavy (non-hydrogen) atoms. The summed E-state index contributed by atoms with van der Waals surface area (Å²) >= 11 is 5.61. The van der Waals surface area contributed by atoms with Crippen LogP contribution < -0.4 is 0 Å². The van der Waals surface area contributed by atoms with Crippen LogP contribution in [-0.2, 0) is 6.18 Å². The van der Waals surface area contributed by atoms with Gasteiger partial charge in [0.1, 0.15) is 11.6 Å². The van der Waals surface area contributed by atoms with E-state index in [1.807, 2.05) is 0 Å². The van der Waals surface area contributed by atoms with Crippen molar-refractivity contribution in [1.82, 2.24) is 0 Å². The smallest absolute Gasteiger partial charge is 0.417 e. The molecule has 0 radical (unpaired) electrons. The van der Waals surface area contributed by atoms with Crippen molar-refractivity contribution in [3.8, 4) is 11.3 Å². The molecule has 90 valence electrons. The number of hydrogen-bond donors (Lipinski definition) is 0. The van der Waals surface area contributed by atoms with Crippen LogP contribution in [0.15, 0.2) is 34.9 Å². The minimum absolute atomic E-state index is 0.0833. The molecule has 1 aromatic carbocycles. The van der Waals surface area contributed by atoms with E-state index in [-0.39, 0.29) is 11.3 Å². The van der Waals surface area contributed by atoms with Crippen LogP contribution in [0, 0.1) is 5.82 Å². The first-order chi connectivity index (χ1) is 7.89. The van der Waals surface area contributed by atoms with Gasteiger partial charge in [0.15, 0.2) is 0 Å². The maximum Gasteiger partial charge on any atom is 0.417 e. The van der Waals surface area contributed by atoms with Crippen LogP contribution in [0.5, 0.6) is 0 Å². The zero-order valence-corrected chi connectivity index (χ0v) is 8.94. The lowest BCUT2D eigenvalue weighted by molar-refractivity contribution is -0.137. The Morgan fingerprint density at radius 2 is 1.88 bits per heavy atom. The minimum Gasteiger partial charge on any atom is -0.464 e. The van der Waals surface area contributed by atoms with Gasteiger partial charge >= 0.3 is 6.18 Å². The molecule has 1 aromatic heterocycles. The molecule has 1 heterocycles. The zero-order valence-electron chi connectivity index (χ0n) is 8.18. The highest BCUT2D eigenvalue weighted by Crippen LogP contribution is 2.40. The molecule has 0 amide bonds. The summed E-state index contributed by atoms with van der Waals surface area (Å²) in [5.41, 5.74) is -1.34. The van der Waals surface area contributed by atoms with Crippen LogP contribution in [-0.4, -0.2) is 0 Å². The van der Waals surface area contributed by atoms with Crippen molar-refractivity contribution in [2.45, 2.75) is 6.18 Å². The van der Waals surface area contributed by atoms with E-state index in [0.29, 0.717) is 6.07 Å². The highest BCUT2D eigenvalue weighted by atomic mass is 35.5. The Labute approximate surface area is 98.6 Å². The van der Waals surface area contributed by atoms with Gasteiger partial charge in [-0.25, -0.2) is 4.39 Å². The van der Waals surface area contributed by atoms with Gasteiger partial charge < -0.3 is 4.42 Å². The molecule has 2 rings (SSSR count). The summed E-state index contributed by atoms with van der Waals surface area (Å²) in [6.07, 6.45) is -3.44. The fraction of sp³-hybridized carbons (Fsp3) is 0.0909. The SMILES string of the molecule is Fc1cc(-c2ccco2)c(Cl)c(C(F)(F)F)c1. The first kappa shape index (κ1) is 12.0. The second-order valence-electron chi connectivity index (χ2n) is 3.29. The lowest BCUT2D eigenvalue weighted by Crippen LogP contribution is -2.07. The molecule has 0 bridgehead atoms. The largest absolute Gasteiger partial charge is 0.464 e. The first-order valence-corrected chi connectivity index (χ1v) is 4.87. The van der Waals surface area contributed by atoms with Crippen molar-refractivity contribution in [3.05, 3.63) is 46.9 Å². The molecule has 0 saturated carbocycles. The monoisotopic (exact) mass is 264 g/mol. The van der Waals surface area contributed by atoms with Crippen LogP contribution in [0.3, 0.4) is 0 Å². The van der Waals surface area contributed by atoms with Crippen molar-refractivity contribution in [2.24, 2.45) is 0 Å². The van der Waals surface area contributed by atoms with E-state index in [2.05, 4.69) is 0 Å². The highest BCUT2D eigenvalue weighted by molar-refractivity contribution is 6.34. The van der Waals surface area contributed by atoms with Gasteiger partial charge in [-0.1, -0.05) is 11.6 Å². The van der Waals surface area contributed by atoms with Gasteiger partial charge in [-0.2, -0.15) is 13.2 Å². The standard InChI is InChI=1S/C11H5ClF4O/c12-10-7(9-2-1-3-17-9)4-6(13)5-8(10)11(14,15)16/h1-5H. The van der Waals surface area contributed by atoms with Gasteiger partial charge in [0.2, 0.25) is 0 Å². The molecule has 0 aliphatic rings. The van der Waals surface area contributed by atoms with E-state index in [0.717, 1.165) is 6.07 Å². The Morgan fingerprint density at radius 1 is 1.18 bits per heavy atom. The van der Waals surface area contributed by atoms with E-state index in [1.165, 1.54) is 18.4 Å². The zero-order chi connectivity index (χ0) is 12.6. The number of halogens is 5. The predicted molar refractivity (Wildman–Crippen MR) is 54.1 cm³/mol. The number of rotatable bonds is 1. The van der Waals surface area contributed by atoms with Crippen molar-refractivity contribution in [3.63, 3.8) is 0 Å². The Kier molecular flexibility index (Phi) is 2.87. The van der Waals surface area contributed by atoms with Gasteiger partial charge in [0.05, 0.1) is 16.8 Å². The van der Waals surface area contributed by atoms with E-state index in [4.69, 9.17) is 16.0 Å². The first-order valence-electron chi connectivity index (χ1n) is 4.49. The quantitative estimate of drug-likeness (QED) is 0.677. The summed E-state index contributed by atoms with van der Waals surface area (Å²) < 4.78 is 55.7. The molecule has 1 nitrogen and oxygen atoms in total. The van der Waals surface area contributed by atoms with Crippen molar-refractivity contribution in [2.75, 3.05) is 0 Å². The molecule has 0 saturated heterocycles. The molecule has 0 aliphatic carbocycles. The minimum atomic E-state index is -4.71. The highest BCUT2D eigenvalue weighted by Gasteiger charge is 2.35. The van der Waals surface area contributed by atoms with Crippen LogP contribution >= 0.6 is 11.6 Å². The maximum absolute atomic E-state index is 13.1. The summed E-state index contributed by atoms with van der Waals surface area (Å²) in [6.45, 7) is 0. The van der Waals surface area contributed by atoms with Crippen LogP contribution in [0.1, 0.15) is 5.56 Å². The van der Waals surface area contributed by atoms with Gasteiger partial charge in [-0.05, 0) is 24.3 Å². The fourth-order valence-corrected chi connectivity index (χ4v) is 1.72. The molecule has 0 fully saturated rings. The molecule has 0 N–H and O–H groups in total. The Hall–Kier alpha value is -1.49. The van der Waals surface area contributed by atoms with Crippen molar-refractivity contribution < 1.29 is 22.0 Å². The lowest BCUT2D eigenvalue weighted by Gasteiger charge is -2.11. The summed E-state index contributed by atoms with van der Waals surface area (Å²) in [5.74, 6) is -0.937. The molecule has 2 aromatic rings. The summed E-state index contributed by atoms with van der Waals surface area (Å²) in [7, 11) is 0. The van der Waals surface area contributed by atoms with Crippen LogP contribution in [0.4, 0.5) is 17.6 Å². The average molecular weight is 265 g/mol. The van der Waals surface area contributed by atoms with E-state index >= 15 is 0 Å². The number of benzene rings is 1. The normalized spacial score (nSPS) is 11.8. The average Bonchev–Trinajstić information content (AvgIpc) is 2.72. The third-order valence-electron chi connectivity index (χ3n) is 2.13. The maximum atomic E-state index is 13.1. The fourth-order valence-electron chi connectivity index (χ4n) is 1.41. The third kappa shape index (κ3) is 2.29. The third-order valence-corrected chi connectivity index (χ3v) is 2.54. The number of furan rings is 1. The molecular weight excluding hydrogens is 260 g/mol. The second-order valence-corrected chi connectivity index (χ2v) is 3.67. The van der Waals surface area contributed by atoms with E-state index in [1.54, 1.807) is 0 Å². The molecule has 6 heteroatoms. The van der Waals surface area contributed by atoms with E-state index < -0.39 is 22.6 Å². The lowest BCUT2D eigenvalue weighted by atomic mass is 10.1. The van der Waals surface area contributed by atoms with Crippen molar-refractivity contribution in [1.29, 1.82) is 0 Å². The molecule has 0 spiro atoms. The van der Waals surface area contributed by atoms with Gasteiger partial charge in [-0.15, -0.1) is 0 Å². The van der Waals surface area contributed by atoms with Crippen LogP contribution in [0.2, 0.25) is 5.02 Å². The van der Waals surface area contributed by atoms with Gasteiger partial charge in [0.25, 0.3) is 0 Å². The molecular formula is C11H5ClF4O. The Bertz CT molecular complexity index is 531. The number of alkyl halides is 3. The second kappa shape index (κ2) is 4.07. The van der Waals surface area contributed by atoms with Gasteiger partial charge in [0, 0.05) is 5.56 Å². The van der Waals surface area contributed by atoms with Crippen molar-refractivity contribution >= 4 is 11.6 Å². The predicted octanol–water partition coefficient (Wildman–Crippen LogP) is 4.76.